The fourth-order valence-corrected chi connectivity index (χ4v) is 3.11. The van der Waals surface area contributed by atoms with Crippen LogP contribution in [0.3, 0.4) is 0 Å². The molecule has 0 aliphatic carbocycles. The first-order valence-electron chi connectivity index (χ1n) is 7.99. The molecule has 1 aromatic rings. The summed E-state index contributed by atoms with van der Waals surface area (Å²) in [6.45, 7) is 5.46. The zero-order valence-corrected chi connectivity index (χ0v) is 14.3. The highest BCUT2D eigenvalue weighted by molar-refractivity contribution is 7.10. The molecule has 0 radical (unpaired) electrons. The molecular formula is C16H27N3O2S. The van der Waals surface area contributed by atoms with E-state index >= 15 is 0 Å². The maximum atomic E-state index is 5.86. The Morgan fingerprint density at radius 1 is 1.50 bits per heavy atom. The Bertz CT molecular complexity index is 431. The van der Waals surface area contributed by atoms with E-state index in [0.29, 0.717) is 6.10 Å². The molecule has 1 fully saturated rings. The van der Waals surface area contributed by atoms with Crippen LogP contribution in [0.4, 0.5) is 0 Å². The zero-order chi connectivity index (χ0) is 15.6. The van der Waals surface area contributed by atoms with E-state index in [-0.39, 0.29) is 6.04 Å². The Morgan fingerprint density at radius 3 is 3.00 bits per heavy atom. The van der Waals surface area contributed by atoms with Crippen molar-refractivity contribution in [2.45, 2.75) is 38.3 Å². The number of ether oxygens (including phenoxy) is 2. The molecule has 5 nitrogen and oxygen atoms in total. The second-order valence-electron chi connectivity index (χ2n) is 5.42. The number of hydrogen-bond donors (Lipinski definition) is 2. The van der Waals surface area contributed by atoms with Gasteiger partial charge in [-0.2, -0.15) is 0 Å². The van der Waals surface area contributed by atoms with Crippen LogP contribution in [0.1, 0.15) is 37.1 Å². The van der Waals surface area contributed by atoms with Crippen molar-refractivity contribution in [2.75, 3.05) is 33.4 Å². The van der Waals surface area contributed by atoms with Crippen molar-refractivity contribution in [3.8, 4) is 0 Å². The van der Waals surface area contributed by atoms with Crippen molar-refractivity contribution in [1.29, 1.82) is 0 Å². The number of aliphatic imine (C=N–C) groups is 1. The van der Waals surface area contributed by atoms with E-state index in [1.165, 1.54) is 4.88 Å². The third-order valence-corrected chi connectivity index (χ3v) is 4.74. The summed E-state index contributed by atoms with van der Waals surface area (Å²) >= 11 is 1.76. The van der Waals surface area contributed by atoms with Crippen LogP contribution in [0, 0.1) is 0 Å². The van der Waals surface area contributed by atoms with Gasteiger partial charge < -0.3 is 20.1 Å². The Balaban J connectivity index is 1.58. The number of guanidine groups is 1. The predicted molar refractivity (Wildman–Crippen MR) is 91.6 cm³/mol. The van der Waals surface area contributed by atoms with E-state index in [4.69, 9.17) is 9.47 Å². The van der Waals surface area contributed by atoms with Crippen LogP contribution < -0.4 is 10.6 Å². The predicted octanol–water partition coefficient (Wildman–Crippen LogP) is 2.56. The normalized spacial score (nSPS) is 18.2. The molecule has 2 heterocycles. The van der Waals surface area contributed by atoms with Crippen LogP contribution in [0.25, 0.3) is 0 Å². The number of nitrogens with one attached hydrogen (secondary N) is 2. The molecule has 0 saturated carbocycles. The Hall–Kier alpha value is -1.11. The molecule has 0 bridgehead atoms. The lowest BCUT2D eigenvalue weighted by Gasteiger charge is -2.22. The van der Waals surface area contributed by atoms with Crippen molar-refractivity contribution in [1.82, 2.24) is 10.6 Å². The first-order chi connectivity index (χ1) is 10.8. The van der Waals surface area contributed by atoms with Crippen LogP contribution in [-0.4, -0.2) is 45.5 Å². The maximum absolute atomic E-state index is 5.86. The highest BCUT2D eigenvalue weighted by Crippen LogP contribution is 2.17. The molecule has 124 valence electrons. The van der Waals surface area contributed by atoms with Crippen LogP contribution in [0.15, 0.2) is 22.5 Å². The van der Waals surface area contributed by atoms with E-state index < -0.39 is 0 Å². The lowest BCUT2D eigenvalue weighted by atomic mass is 10.1. The lowest BCUT2D eigenvalue weighted by Crippen LogP contribution is -2.39. The molecule has 1 unspecified atom stereocenters. The standard InChI is InChI=1S/C16H27N3O2S/c1-13(15-5-3-12-22-15)19-16(17-2)18-8-4-9-21-14-6-10-20-11-7-14/h3,5,12-14H,4,6-11H2,1-2H3,(H2,17,18,19). The van der Waals surface area contributed by atoms with E-state index in [1.807, 2.05) is 0 Å². The number of hydrogen-bond acceptors (Lipinski definition) is 4. The van der Waals surface area contributed by atoms with Gasteiger partial charge in [0.05, 0.1) is 12.1 Å². The van der Waals surface area contributed by atoms with Gasteiger partial charge in [-0.15, -0.1) is 11.3 Å². The molecule has 0 spiro atoms. The summed E-state index contributed by atoms with van der Waals surface area (Å²) in [5, 5.41) is 8.83. The summed E-state index contributed by atoms with van der Waals surface area (Å²) in [6.07, 6.45) is 3.40. The Morgan fingerprint density at radius 2 is 2.32 bits per heavy atom. The average molecular weight is 325 g/mol. The van der Waals surface area contributed by atoms with Crippen molar-refractivity contribution >= 4 is 17.3 Å². The minimum atomic E-state index is 0.268. The van der Waals surface area contributed by atoms with E-state index in [2.05, 4.69) is 40.1 Å². The molecule has 2 rings (SSSR count). The quantitative estimate of drug-likeness (QED) is 0.460. The Labute approximate surface area is 137 Å². The molecule has 22 heavy (non-hydrogen) atoms. The van der Waals surface area contributed by atoms with Gasteiger partial charge in [0, 0.05) is 38.3 Å². The highest BCUT2D eigenvalue weighted by Gasteiger charge is 2.13. The molecular weight excluding hydrogens is 298 g/mol. The molecule has 1 aromatic heterocycles. The molecule has 0 amide bonds. The smallest absolute Gasteiger partial charge is 0.191 e. The monoisotopic (exact) mass is 325 g/mol. The number of thiophene rings is 1. The van der Waals surface area contributed by atoms with Gasteiger partial charge in [-0.25, -0.2) is 0 Å². The third-order valence-electron chi connectivity index (χ3n) is 3.68. The first kappa shape index (κ1) is 17.2. The number of rotatable bonds is 7. The van der Waals surface area contributed by atoms with E-state index in [9.17, 15) is 0 Å². The lowest BCUT2D eigenvalue weighted by molar-refractivity contribution is -0.0320. The summed E-state index contributed by atoms with van der Waals surface area (Å²) in [6, 6.07) is 4.48. The van der Waals surface area contributed by atoms with Gasteiger partial charge in [-0.05, 0) is 37.6 Å². The first-order valence-corrected chi connectivity index (χ1v) is 8.87. The average Bonchev–Trinajstić information content (AvgIpc) is 3.09. The topological polar surface area (TPSA) is 54.9 Å². The summed E-state index contributed by atoms with van der Waals surface area (Å²) in [5.41, 5.74) is 0. The van der Waals surface area contributed by atoms with Crippen LogP contribution in [-0.2, 0) is 9.47 Å². The Kier molecular flexibility index (Phi) is 7.70. The van der Waals surface area contributed by atoms with Crippen molar-refractivity contribution in [2.24, 2.45) is 4.99 Å². The van der Waals surface area contributed by atoms with Crippen LogP contribution in [0.5, 0.6) is 0 Å². The van der Waals surface area contributed by atoms with Crippen LogP contribution in [0.2, 0.25) is 0 Å². The molecule has 1 aliphatic heterocycles. The van der Waals surface area contributed by atoms with Crippen molar-refractivity contribution < 1.29 is 9.47 Å². The van der Waals surface area contributed by atoms with Gasteiger partial charge in [-0.1, -0.05) is 6.07 Å². The second kappa shape index (κ2) is 9.82. The SMILES string of the molecule is CN=C(NCCCOC1CCOCC1)NC(C)c1cccs1. The molecule has 0 aromatic carbocycles. The zero-order valence-electron chi connectivity index (χ0n) is 13.5. The van der Waals surface area contributed by atoms with Gasteiger partial charge in [-0.3, -0.25) is 4.99 Å². The van der Waals surface area contributed by atoms with Gasteiger partial charge in [0.2, 0.25) is 0 Å². The molecule has 1 atom stereocenters. The van der Waals surface area contributed by atoms with E-state index in [0.717, 1.165) is 51.6 Å². The minimum absolute atomic E-state index is 0.268. The third kappa shape index (κ3) is 5.94. The van der Waals surface area contributed by atoms with E-state index in [1.54, 1.807) is 18.4 Å². The molecule has 6 heteroatoms. The molecule has 2 N–H and O–H groups in total. The van der Waals surface area contributed by atoms with Gasteiger partial charge in [0.25, 0.3) is 0 Å². The van der Waals surface area contributed by atoms with Gasteiger partial charge in [0.15, 0.2) is 5.96 Å². The summed E-state index contributed by atoms with van der Waals surface area (Å²) in [5.74, 6) is 0.840. The van der Waals surface area contributed by atoms with Crippen molar-refractivity contribution in [3.05, 3.63) is 22.4 Å². The fourth-order valence-electron chi connectivity index (χ4n) is 2.38. The summed E-state index contributed by atoms with van der Waals surface area (Å²) in [7, 11) is 1.80. The molecule has 1 aliphatic rings. The number of nitrogens with zero attached hydrogens (tertiary/aromatic N) is 1. The van der Waals surface area contributed by atoms with Gasteiger partial charge in [0.1, 0.15) is 0 Å². The maximum Gasteiger partial charge on any atom is 0.191 e. The van der Waals surface area contributed by atoms with Crippen molar-refractivity contribution in [3.63, 3.8) is 0 Å². The second-order valence-corrected chi connectivity index (χ2v) is 6.40. The van der Waals surface area contributed by atoms with Gasteiger partial charge >= 0.3 is 0 Å². The highest BCUT2D eigenvalue weighted by atomic mass is 32.1. The summed E-state index contributed by atoms with van der Waals surface area (Å²) < 4.78 is 11.2. The fraction of sp³-hybridized carbons (Fsp3) is 0.688. The molecule has 1 saturated heterocycles. The van der Waals surface area contributed by atoms with Crippen LogP contribution >= 0.6 is 11.3 Å². The summed E-state index contributed by atoms with van der Waals surface area (Å²) in [4.78, 5) is 5.58. The largest absolute Gasteiger partial charge is 0.381 e. The minimum Gasteiger partial charge on any atom is -0.381 e.